The Morgan fingerprint density at radius 1 is 1.07 bits per heavy atom. The van der Waals surface area contributed by atoms with Crippen LogP contribution < -0.4 is 16.4 Å². The topological polar surface area (TPSA) is 90.9 Å². The molecule has 7 nitrogen and oxygen atoms in total. The second-order valence-corrected chi connectivity index (χ2v) is 8.37. The van der Waals surface area contributed by atoms with Gasteiger partial charge in [0, 0.05) is 19.2 Å². The summed E-state index contributed by atoms with van der Waals surface area (Å²) < 4.78 is 3.80. The summed E-state index contributed by atoms with van der Waals surface area (Å²) in [5.41, 5.74) is 15.1. The predicted octanol–water partition coefficient (Wildman–Crippen LogP) is 3.75. The fourth-order valence-electron chi connectivity index (χ4n) is 3.01. The van der Waals surface area contributed by atoms with Gasteiger partial charge in [0.2, 0.25) is 0 Å². The third kappa shape index (κ3) is 5.00. The third-order valence-corrected chi connectivity index (χ3v) is 4.71. The minimum absolute atomic E-state index is 0.235. The van der Waals surface area contributed by atoms with E-state index in [0.29, 0.717) is 17.7 Å². The molecule has 0 saturated carbocycles. The maximum absolute atomic E-state index is 6.46. The van der Waals surface area contributed by atoms with Crippen LogP contribution in [0.1, 0.15) is 51.9 Å². The molecule has 2 aromatic rings. The van der Waals surface area contributed by atoms with E-state index >= 15 is 0 Å². The monoisotopic (exact) mass is 391 g/mol. The van der Waals surface area contributed by atoms with Gasteiger partial charge in [-0.25, -0.2) is 9.36 Å². The van der Waals surface area contributed by atoms with Crippen molar-refractivity contribution in [2.24, 2.45) is 17.6 Å². The summed E-state index contributed by atoms with van der Waals surface area (Å²) in [6.07, 6.45) is 2.02. The minimum Gasteiger partial charge on any atom is -0.382 e. The van der Waals surface area contributed by atoms with E-state index in [1.165, 1.54) is 0 Å². The molecule has 27 heavy (non-hydrogen) atoms. The number of nitrogen functional groups attached to an aromatic ring is 1. The highest BCUT2D eigenvalue weighted by molar-refractivity contribution is 7.80. The van der Waals surface area contributed by atoms with Crippen LogP contribution in [0.15, 0.2) is 6.07 Å². The molecule has 0 saturated heterocycles. The van der Waals surface area contributed by atoms with E-state index in [2.05, 4.69) is 37.9 Å². The summed E-state index contributed by atoms with van der Waals surface area (Å²) in [6.45, 7) is 14.2. The molecule has 0 atom stereocenters. The van der Waals surface area contributed by atoms with Gasteiger partial charge in [-0.1, -0.05) is 27.7 Å². The van der Waals surface area contributed by atoms with Gasteiger partial charge in [-0.05, 0) is 50.7 Å². The Morgan fingerprint density at radius 2 is 1.63 bits per heavy atom. The lowest BCUT2D eigenvalue weighted by atomic mass is 10.1. The van der Waals surface area contributed by atoms with Gasteiger partial charge in [0.25, 0.3) is 0 Å². The fourth-order valence-corrected chi connectivity index (χ4v) is 3.20. The van der Waals surface area contributed by atoms with Crippen LogP contribution in [0.2, 0.25) is 0 Å². The minimum atomic E-state index is 0.235. The number of thiocarbonyl (C=S) groups is 1. The number of nitrogens with zero attached hydrogens (tertiary/aromatic N) is 5. The Hall–Kier alpha value is -2.09. The van der Waals surface area contributed by atoms with Gasteiger partial charge >= 0.3 is 0 Å². The molecule has 0 aromatic carbocycles. The lowest BCUT2D eigenvalue weighted by Crippen LogP contribution is -2.34. The van der Waals surface area contributed by atoms with Crippen LogP contribution in [0.3, 0.4) is 0 Å². The van der Waals surface area contributed by atoms with Crippen LogP contribution in [0.25, 0.3) is 0 Å². The molecule has 0 aliphatic rings. The summed E-state index contributed by atoms with van der Waals surface area (Å²) in [7, 11) is 0. The summed E-state index contributed by atoms with van der Waals surface area (Å²) >= 11 is 5.39. The molecule has 2 heterocycles. The maximum atomic E-state index is 6.46. The van der Waals surface area contributed by atoms with Crippen molar-refractivity contribution < 1.29 is 0 Å². The van der Waals surface area contributed by atoms with Crippen LogP contribution in [0.5, 0.6) is 0 Å². The number of aryl methyl sites for hydroxylation is 4. The van der Waals surface area contributed by atoms with Crippen molar-refractivity contribution in [1.82, 2.24) is 19.6 Å². The highest BCUT2D eigenvalue weighted by Gasteiger charge is 2.25. The summed E-state index contributed by atoms with van der Waals surface area (Å²) in [4.78, 5) is 1.80. The van der Waals surface area contributed by atoms with E-state index in [-0.39, 0.29) is 5.11 Å². The molecular weight excluding hydrogens is 358 g/mol. The zero-order valence-electron chi connectivity index (χ0n) is 17.4. The van der Waals surface area contributed by atoms with Gasteiger partial charge in [0.1, 0.15) is 17.3 Å². The average Bonchev–Trinajstić information content (AvgIpc) is 3.05. The van der Waals surface area contributed by atoms with E-state index in [9.17, 15) is 0 Å². The number of rotatable bonds is 8. The first kappa shape index (κ1) is 21.2. The molecule has 2 aromatic heterocycles. The molecule has 0 aliphatic heterocycles. The largest absolute Gasteiger partial charge is 0.382 e. The highest BCUT2D eigenvalue weighted by Crippen LogP contribution is 2.34. The van der Waals surface area contributed by atoms with E-state index in [0.717, 1.165) is 48.8 Å². The normalized spacial score (nSPS) is 11.6. The fraction of sp³-hybridized carbons (Fsp3) is 0.632. The lowest BCUT2D eigenvalue weighted by molar-refractivity contribution is 0.487. The van der Waals surface area contributed by atoms with E-state index in [1.54, 1.807) is 4.90 Å². The molecular formula is C19H33N7S. The van der Waals surface area contributed by atoms with Gasteiger partial charge < -0.3 is 11.5 Å². The highest BCUT2D eigenvalue weighted by atomic mass is 32.1. The van der Waals surface area contributed by atoms with Crippen molar-refractivity contribution in [3.63, 3.8) is 0 Å². The molecule has 0 radical (unpaired) electrons. The van der Waals surface area contributed by atoms with Crippen LogP contribution in [-0.4, -0.2) is 24.7 Å². The quantitative estimate of drug-likeness (QED) is 0.666. The van der Waals surface area contributed by atoms with Crippen molar-refractivity contribution >= 4 is 34.7 Å². The van der Waals surface area contributed by atoms with Gasteiger partial charge in [0.05, 0.1) is 11.4 Å². The average molecular weight is 392 g/mol. The predicted molar refractivity (Wildman–Crippen MR) is 116 cm³/mol. The SMILES string of the molecule is Cc1cc(N(C(N)=S)c2c(C)nn(CCC(C)C)c2N)n(CCC(C)C)n1. The van der Waals surface area contributed by atoms with Crippen LogP contribution >= 0.6 is 12.2 Å². The number of hydrogen-bond donors (Lipinski definition) is 2. The number of hydrogen-bond acceptors (Lipinski definition) is 4. The molecule has 0 amide bonds. The molecule has 0 unspecified atom stereocenters. The van der Waals surface area contributed by atoms with E-state index in [1.807, 2.05) is 29.3 Å². The van der Waals surface area contributed by atoms with Gasteiger partial charge in [-0.15, -0.1) is 0 Å². The second kappa shape index (κ2) is 8.73. The van der Waals surface area contributed by atoms with Crippen LogP contribution in [-0.2, 0) is 13.1 Å². The Kier molecular flexibility index (Phi) is 6.86. The van der Waals surface area contributed by atoms with Crippen molar-refractivity contribution in [1.29, 1.82) is 0 Å². The molecule has 2 rings (SSSR count). The Labute approximate surface area is 167 Å². The molecule has 0 bridgehead atoms. The number of anilines is 3. The number of aromatic nitrogens is 4. The van der Waals surface area contributed by atoms with Crippen LogP contribution in [0.4, 0.5) is 17.3 Å². The lowest BCUT2D eigenvalue weighted by Gasteiger charge is -2.24. The Morgan fingerprint density at radius 3 is 2.15 bits per heavy atom. The molecule has 150 valence electrons. The molecule has 0 fully saturated rings. The molecule has 4 N–H and O–H groups in total. The molecule has 0 spiro atoms. The van der Waals surface area contributed by atoms with Crippen molar-refractivity contribution in [2.45, 2.75) is 67.5 Å². The van der Waals surface area contributed by atoms with Crippen molar-refractivity contribution in [3.8, 4) is 0 Å². The number of nitrogens with two attached hydrogens (primary N) is 2. The third-order valence-electron chi connectivity index (χ3n) is 4.52. The molecule has 0 aliphatic carbocycles. The van der Waals surface area contributed by atoms with Crippen molar-refractivity contribution in [3.05, 3.63) is 17.5 Å². The summed E-state index contributed by atoms with van der Waals surface area (Å²) in [5, 5.41) is 9.49. The first-order valence-corrected chi connectivity index (χ1v) is 9.99. The van der Waals surface area contributed by atoms with Crippen LogP contribution in [0, 0.1) is 25.7 Å². The van der Waals surface area contributed by atoms with Gasteiger partial charge in [-0.2, -0.15) is 10.2 Å². The first-order chi connectivity index (χ1) is 12.6. The van der Waals surface area contributed by atoms with Gasteiger partial charge in [-0.3, -0.25) is 4.90 Å². The second-order valence-electron chi connectivity index (χ2n) is 7.95. The Balaban J connectivity index is 2.46. The van der Waals surface area contributed by atoms with E-state index in [4.69, 9.17) is 23.7 Å². The molecule has 8 heteroatoms. The summed E-state index contributed by atoms with van der Waals surface area (Å²) in [5.74, 6) is 2.56. The standard InChI is InChI=1S/C19H33N7S/c1-12(2)7-9-24-16(11-14(5)22-24)26(19(21)27)17-15(6)23-25(18(17)20)10-8-13(3)4/h11-13H,7-10,20H2,1-6H3,(H2,21,27). The van der Waals surface area contributed by atoms with Crippen molar-refractivity contribution in [2.75, 3.05) is 10.6 Å². The van der Waals surface area contributed by atoms with Gasteiger partial charge in [0.15, 0.2) is 5.11 Å². The Bertz CT molecular complexity index is 788. The summed E-state index contributed by atoms with van der Waals surface area (Å²) in [6, 6.07) is 1.99. The first-order valence-electron chi connectivity index (χ1n) is 9.58. The smallest absolute Gasteiger partial charge is 0.176 e. The van der Waals surface area contributed by atoms with E-state index < -0.39 is 0 Å². The zero-order valence-corrected chi connectivity index (χ0v) is 18.2. The maximum Gasteiger partial charge on any atom is 0.176 e. The zero-order chi connectivity index (χ0) is 20.3.